The number of ether oxygens (including phenoxy) is 1. The zero-order valence-electron chi connectivity index (χ0n) is 18.7. The first kappa shape index (κ1) is 22.9. The first-order valence-electron chi connectivity index (χ1n) is 10.5. The summed E-state index contributed by atoms with van der Waals surface area (Å²) in [6.07, 6.45) is 3.73. The zero-order chi connectivity index (χ0) is 22.1. The quantitative estimate of drug-likeness (QED) is 0.289. The maximum Gasteiger partial charge on any atom is 0.167 e. The maximum atomic E-state index is 6.15. The molecule has 0 aliphatic rings. The van der Waals surface area contributed by atoms with Gasteiger partial charge in [-0.25, -0.2) is 0 Å². The van der Waals surface area contributed by atoms with Crippen molar-refractivity contribution in [1.29, 1.82) is 0 Å². The maximum absolute atomic E-state index is 6.15. The van der Waals surface area contributed by atoms with Crippen LogP contribution in [-0.2, 0) is 17.9 Å². The molecule has 2 aromatic heterocycles. The van der Waals surface area contributed by atoms with Crippen molar-refractivity contribution in [3.63, 3.8) is 0 Å². The molecule has 0 aliphatic heterocycles. The minimum atomic E-state index is -0.0917. The number of aromatic nitrogens is 1. The molecule has 0 atom stereocenters. The Bertz CT molecular complexity index is 1020. The number of thiophene rings is 1. The predicted octanol–water partition coefficient (Wildman–Crippen LogP) is 6.38. The van der Waals surface area contributed by atoms with E-state index in [1.54, 1.807) is 17.5 Å². The molecular formula is C26H30N2O2S. The van der Waals surface area contributed by atoms with Crippen LogP contribution in [0.5, 0.6) is 0 Å². The Morgan fingerprint density at radius 2 is 2.10 bits per heavy atom. The number of nitrogens with zero attached hydrogens (tertiary/aromatic N) is 2. The van der Waals surface area contributed by atoms with E-state index in [1.165, 1.54) is 11.1 Å². The molecule has 162 valence electrons. The van der Waals surface area contributed by atoms with Crippen LogP contribution >= 0.6 is 11.3 Å². The summed E-state index contributed by atoms with van der Waals surface area (Å²) in [5.41, 5.74) is 3.48. The fraction of sp³-hybridized carbons (Fsp3) is 0.346. The number of benzene rings is 1. The van der Waals surface area contributed by atoms with Crippen molar-refractivity contribution in [1.82, 2.24) is 10.1 Å². The van der Waals surface area contributed by atoms with Gasteiger partial charge in [-0.15, -0.1) is 0 Å². The Kier molecular flexibility index (Phi) is 8.11. The summed E-state index contributed by atoms with van der Waals surface area (Å²) in [6.45, 7) is 11.2. The zero-order valence-corrected chi connectivity index (χ0v) is 19.5. The van der Waals surface area contributed by atoms with Crippen LogP contribution in [0.3, 0.4) is 0 Å². The summed E-state index contributed by atoms with van der Waals surface area (Å²) in [6, 6.07) is 12.5. The number of allylic oxidation sites excluding steroid dienone is 1. The van der Waals surface area contributed by atoms with Crippen molar-refractivity contribution < 1.29 is 9.26 Å². The van der Waals surface area contributed by atoms with Gasteiger partial charge in [-0.2, -0.15) is 11.3 Å². The molecule has 5 heteroatoms. The van der Waals surface area contributed by atoms with Crippen molar-refractivity contribution in [2.45, 2.75) is 40.8 Å². The predicted molar refractivity (Wildman–Crippen MR) is 127 cm³/mol. The average Bonchev–Trinajstić information content (AvgIpc) is 3.46. The van der Waals surface area contributed by atoms with E-state index in [4.69, 9.17) is 9.26 Å². The van der Waals surface area contributed by atoms with Gasteiger partial charge in [0.25, 0.3) is 0 Å². The molecule has 2 heterocycles. The molecule has 0 saturated heterocycles. The molecule has 0 aliphatic carbocycles. The molecule has 3 aromatic rings. The molecule has 4 nitrogen and oxygen atoms in total. The molecular weight excluding hydrogens is 404 g/mol. The second-order valence-electron chi connectivity index (χ2n) is 8.38. The monoisotopic (exact) mass is 434 g/mol. The van der Waals surface area contributed by atoms with Crippen LogP contribution in [-0.4, -0.2) is 23.1 Å². The third kappa shape index (κ3) is 7.75. The molecule has 0 unspecified atom stereocenters. The molecule has 0 radical (unpaired) electrons. The number of likely N-dealkylation sites (N-methyl/N-ethyl adjacent to an activating group) is 1. The highest BCUT2D eigenvalue weighted by atomic mass is 32.1. The molecule has 0 saturated carbocycles. The number of hydrogen-bond acceptors (Lipinski definition) is 5. The van der Waals surface area contributed by atoms with Gasteiger partial charge in [-0.3, -0.25) is 4.90 Å². The summed E-state index contributed by atoms with van der Waals surface area (Å²) < 4.78 is 11.4. The second kappa shape index (κ2) is 11.0. The van der Waals surface area contributed by atoms with Gasteiger partial charge in [0.05, 0.1) is 12.7 Å². The van der Waals surface area contributed by atoms with Gasteiger partial charge in [0.1, 0.15) is 6.61 Å². The highest BCUT2D eigenvalue weighted by molar-refractivity contribution is 7.08. The van der Waals surface area contributed by atoms with Gasteiger partial charge >= 0.3 is 0 Å². The molecule has 0 N–H and O–H groups in total. The standard InChI is InChI=1S/C26H30N2O2S/c1-5-28(18-25-10-14-27-30-25)15-11-24(9-13-26(2,3)4)29-19-21-7-6-8-22(17-21)23-12-16-31-20-23/h6-8,10-12,14,16-17,20H,5,15,18-19H2,1-4H3/b24-11+. The van der Waals surface area contributed by atoms with Gasteiger partial charge in [-0.05, 0) is 78.9 Å². The first-order valence-corrected chi connectivity index (χ1v) is 11.5. The van der Waals surface area contributed by atoms with Gasteiger partial charge in [-0.1, -0.05) is 36.2 Å². The van der Waals surface area contributed by atoms with Gasteiger partial charge in [0.15, 0.2) is 11.5 Å². The van der Waals surface area contributed by atoms with Crippen LogP contribution in [0, 0.1) is 17.3 Å². The van der Waals surface area contributed by atoms with E-state index in [1.807, 2.05) is 6.07 Å². The fourth-order valence-electron chi connectivity index (χ4n) is 2.89. The molecule has 0 amide bonds. The molecule has 0 fully saturated rings. The highest BCUT2D eigenvalue weighted by Crippen LogP contribution is 2.23. The van der Waals surface area contributed by atoms with Crippen molar-refractivity contribution >= 4 is 11.3 Å². The third-order valence-corrected chi connectivity index (χ3v) is 5.27. The summed E-state index contributed by atoms with van der Waals surface area (Å²) in [7, 11) is 0. The van der Waals surface area contributed by atoms with Gasteiger partial charge in [0, 0.05) is 18.0 Å². The van der Waals surface area contributed by atoms with Gasteiger partial charge in [0.2, 0.25) is 0 Å². The van der Waals surface area contributed by atoms with E-state index in [0.717, 1.165) is 24.4 Å². The van der Waals surface area contributed by atoms with Crippen LogP contribution in [0.2, 0.25) is 0 Å². The van der Waals surface area contributed by atoms with E-state index >= 15 is 0 Å². The van der Waals surface area contributed by atoms with Crippen molar-refractivity contribution in [3.8, 4) is 23.0 Å². The lowest BCUT2D eigenvalue weighted by atomic mass is 9.98. The van der Waals surface area contributed by atoms with Crippen LogP contribution in [0.15, 0.2) is 69.7 Å². The van der Waals surface area contributed by atoms with E-state index < -0.39 is 0 Å². The van der Waals surface area contributed by atoms with Crippen molar-refractivity contribution in [3.05, 3.63) is 76.5 Å². The minimum Gasteiger partial charge on any atom is -0.481 e. The number of hydrogen-bond donors (Lipinski definition) is 0. The minimum absolute atomic E-state index is 0.0917. The lowest BCUT2D eigenvalue weighted by Gasteiger charge is -2.17. The van der Waals surface area contributed by atoms with E-state index in [2.05, 4.69) is 96.8 Å². The summed E-state index contributed by atoms with van der Waals surface area (Å²) in [5.74, 6) is 8.08. The van der Waals surface area contributed by atoms with Crippen molar-refractivity contribution in [2.24, 2.45) is 5.41 Å². The summed E-state index contributed by atoms with van der Waals surface area (Å²) in [4.78, 5) is 2.25. The topological polar surface area (TPSA) is 38.5 Å². The Balaban J connectivity index is 1.70. The highest BCUT2D eigenvalue weighted by Gasteiger charge is 2.08. The Morgan fingerprint density at radius 1 is 1.23 bits per heavy atom. The molecule has 0 bridgehead atoms. The normalized spacial score (nSPS) is 12.0. The second-order valence-corrected chi connectivity index (χ2v) is 9.16. The van der Waals surface area contributed by atoms with Crippen LogP contribution in [0.1, 0.15) is 39.0 Å². The summed E-state index contributed by atoms with van der Waals surface area (Å²) in [5, 5.41) is 8.04. The SMILES string of the molecule is CCN(C/C=C(\C#CC(C)(C)C)OCc1cccc(-c2ccsc2)c1)Cc1ccno1. The van der Waals surface area contributed by atoms with E-state index in [9.17, 15) is 0 Å². The lowest BCUT2D eigenvalue weighted by Crippen LogP contribution is -2.23. The van der Waals surface area contributed by atoms with Gasteiger partial charge < -0.3 is 9.26 Å². The van der Waals surface area contributed by atoms with E-state index in [-0.39, 0.29) is 5.41 Å². The Morgan fingerprint density at radius 3 is 2.77 bits per heavy atom. The fourth-order valence-corrected chi connectivity index (χ4v) is 3.55. The third-order valence-electron chi connectivity index (χ3n) is 4.59. The summed E-state index contributed by atoms with van der Waals surface area (Å²) >= 11 is 1.71. The average molecular weight is 435 g/mol. The van der Waals surface area contributed by atoms with Crippen LogP contribution in [0.25, 0.3) is 11.1 Å². The molecule has 31 heavy (non-hydrogen) atoms. The Hall–Kier alpha value is -2.81. The number of rotatable bonds is 9. The van der Waals surface area contributed by atoms with Crippen LogP contribution in [0.4, 0.5) is 0 Å². The largest absolute Gasteiger partial charge is 0.481 e. The molecule has 1 aromatic carbocycles. The van der Waals surface area contributed by atoms with E-state index in [0.29, 0.717) is 18.9 Å². The Labute approximate surface area is 189 Å². The first-order chi connectivity index (χ1) is 14.9. The van der Waals surface area contributed by atoms with Crippen molar-refractivity contribution in [2.75, 3.05) is 13.1 Å². The molecule has 0 spiro atoms. The molecule has 3 rings (SSSR count). The lowest BCUT2D eigenvalue weighted by molar-refractivity contribution is 0.208. The smallest absolute Gasteiger partial charge is 0.167 e. The van der Waals surface area contributed by atoms with Crippen LogP contribution < -0.4 is 0 Å².